The lowest BCUT2D eigenvalue weighted by Gasteiger charge is -2.23. The summed E-state index contributed by atoms with van der Waals surface area (Å²) >= 11 is 3.57. The average Bonchev–Trinajstić information content (AvgIpc) is 2.46. The van der Waals surface area contributed by atoms with Crippen molar-refractivity contribution in [2.24, 2.45) is 0 Å². The molecule has 2 aromatic rings. The Morgan fingerprint density at radius 2 is 1.86 bits per heavy atom. The van der Waals surface area contributed by atoms with Gasteiger partial charge in [-0.05, 0) is 57.1 Å². The van der Waals surface area contributed by atoms with Gasteiger partial charge in [0.05, 0.1) is 12.6 Å². The van der Waals surface area contributed by atoms with Gasteiger partial charge in [-0.25, -0.2) is 0 Å². The number of aryl methyl sites for hydroxylation is 2. The van der Waals surface area contributed by atoms with E-state index >= 15 is 0 Å². The lowest BCUT2D eigenvalue weighted by Crippen LogP contribution is -2.20. The molecule has 2 nitrogen and oxygen atoms in total. The Kier molecular flexibility index (Phi) is 5.43. The van der Waals surface area contributed by atoms with Crippen LogP contribution >= 0.6 is 15.9 Å². The molecule has 0 bridgehead atoms. The first-order valence-electron chi connectivity index (χ1n) is 7.23. The molecule has 0 aromatic heterocycles. The van der Waals surface area contributed by atoms with Gasteiger partial charge in [0.2, 0.25) is 0 Å². The van der Waals surface area contributed by atoms with E-state index in [1.165, 1.54) is 22.3 Å². The van der Waals surface area contributed by atoms with E-state index in [0.29, 0.717) is 6.61 Å². The van der Waals surface area contributed by atoms with Crippen LogP contribution in [0.3, 0.4) is 0 Å². The van der Waals surface area contributed by atoms with Gasteiger partial charge in [0, 0.05) is 10.0 Å². The molecule has 0 aliphatic carbocycles. The third-order valence-corrected chi connectivity index (χ3v) is 4.11. The number of hydrogen-bond donors (Lipinski definition) is 1. The van der Waals surface area contributed by atoms with Crippen LogP contribution in [0.5, 0.6) is 5.75 Å². The Balaban J connectivity index is 2.55. The van der Waals surface area contributed by atoms with Crippen LogP contribution < -0.4 is 10.1 Å². The van der Waals surface area contributed by atoms with Crippen molar-refractivity contribution in [1.82, 2.24) is 5.32 Å². The van der Waals surface area contributed by atoms with Crippen molar-refractivity contribution < 1.29 is 4.74 Å². The van der Waals surface area contributed by atoms with Crippen LogP contribution in [0.15, 0.2) is 40.9 Å². The van der Waals surface area contributed by atoms with Gasteiger partial charge in [-0.15, -0.1) is 0 Å². The van der Waals surface area contributed by atoms with Crippen molar-refractivity contribution in [2.75, 3.05) is 13.7 Å². The van der Waals surface area contributed by atoms with Crippen LogP contribution in [-0.2, 0) is 0 Å². The summed E-state index contributed by atoms with van der Waals surface area (Å²) in [6.45, 7) is 6.94. The molecule has 2 aromatic carbocycles. The minimum Gasteiger partial charge on any atom is -0.494 e. The molecular weight excluding hydrogens is 326 g/mol. The van der Waals surface area contributed by atoms with Crippen LogP contribution in [0.4, 0.5) is 0 Å². The molecule has 0 aliphatic rings. The largest absolute Gasteiger partial charge is 0.494 e. The van der Waals surface area contributed by atoms with Crippen LogP contribution in [0.2, 0.25) is 0 Å². The fraction of sp³-hybridized carbons (Fsp3) is 0.333. The molecule has 2 rings (SSSR count). The highest BCUT2D eigenvalue weighted by Crippen LogP contribution is 2.33. The highest BCUT2D eigenvalue weighted by atomic mass is 79.9. The van der Waals surface area contributed by atoms with Gasteiger partial charge in [0.1, 0.15) is 5.75 Å². The minimum atomic E-state index is 0.115. The van der Waals surface area contributed by atoms with E-state index in [0.717, 1.165) is 10.2 Å². The normalized spacial score (nSPS) is 12.2. The van der Waals surface area contributed by atoms with Gasteiger partial charge in [-0.1, -0.05) is 39.7 Å². The van der Waals surface area contributed by atoms with Crippen molar-refractivity contribution in [3.8, 4) is 5.75 Å². The van der Waals surface area contributed by atoms with Crippen LogP contribution in [0.25, 0.3) is 0 Å². The average molecular weight is 348 g/mol. The van der Waals surface area contributed by atoms with E-state index in [-0.39, 0.29) is 6.04 Å². The summed E-state index contributed by atoms with van der Waals surface area (Å²) < 4.78 is 6.91. The smallest absolute Gasteiger partial charge is 0.124 e. The zero-order chi connectivity index (χ0) is 15.4. The summed E-state index contributed by atoms with van der Waals surface area (Å²) in [6.07, 6.45) is 0. The van der Waals surface area contributed by atoms with Gasteiger partial charge in [0.15, 0.2) is 0 Å². The minimum absolute atomic E-state index is 0.115. The fourth-order valence-electron chi connectivity index (χ4n) is 2.58. The van der Waals surface area contributed by atoms with Crippen LogP contribution in [-0.4, -0.2) is 13.7 Å². The molecule has 0 amide bonds. The topological polar surface area (TPSA) is 21.3 Å². The van der Waals surface area contributed by atoms with Gasteiger partial charge in [-0.2, -0.15) is 0 Å². The maximum atomic E-state index is 5.81. The zero-order valence-electron chi connectivity index (χ0n) is 13.0. The summed E-state index contributed by atoms with van der Waals surface area (Å²) in [4.78, 5) is 0. The van der Waals surface area contributed by atoms with Crippen molar-refractivity contribution in [2.45, 2.75) is 26.8 Å². The van der Waals surface area contributed by atoms with E-state index in [9.17, 15) is 0 Å². The quantitative estimate of drug-likeness (QED) is 0.840. The second-order valence-electron chi connectivity index (χ2n) is 5.20. The molecular formula is C18H22BrNO. The molecule has 0 saturated carbocycles. The summed E-state index contributed by atoms with van der Waals surface area (Å²) in [5, 5.41) is 3.43. The van der Waals surface area contributed by atoms with Crippen molar-refractivity contribution in [3.63, 3.8) is 0 Å². The van der Waals surface area contributed by atoms with Crippen molar-refractivity contribution in [3.05, 3.63) is 63.1 Å². The number of benzene rings is 2. The first-order chi connectivity index (χ1) is 10.1. The van der Waals surface area contributed by atoms with E-state index in [4.69, 9.17) is 4.74 Å². The third-order valence-electron chi connectivity index (χ3n) is 3.62. The Labute approximate surface area is 135 Å². The fourth-order valence-corrected chi connectivity index (χ4v) is 2.96. The maximum Gasteiger partial charge on any atom is 0.124 e. The second-order valence-corrected chi connectivity index (χ2v) is 6.11. The van der Waals surface area contributed by atoms with Gasteiger partial charge < -0.3 is 10.1 Å². The van der Waals surface area contributed by atoms with Crippen molar-refractivity contribution >= 4 is 15.9 Å². The number of nitrogens with one attached hydrogen (secondary N) is 1. The summed E-state index contributed by atoms with van der Waals surface area (Å²) in [7, 11) is 1.99. The number of halogens is 1. The molecule has 1 atom stereocenters. The number of ether oxygens (including phenoxy) is 1. The van der Waals surface area contributed by atoms with Crippen molar-refractivity contribution in [1.29, 1.82) is 0 Å². The lowest BCUT2D eigenvalue weighted by atomic mass is 9.93. The van der Waals surface area contributed by atoms with Crippen LogP contribution in [0, 0.1) is 13.8 Å². The molecule has 21 heavy (non-hydrogen) atoms. The van der Waals surface area contributed by atoms with Gasteiger partial charge >= 0.3 is 0 Å². The molecule has 1 N–H and O–H groups in total. The molecule has 0 aliphatic heterocycles. The lowest BCUT2D eigenvalue weighted by molar-refractivity contribution is 0.334. The van der Waals surface area contributed by atoms with E-state index in [1.54, 1.807) is 0 Å². The summed E-state index contributed by atoms with van der Waals surface area (Å²) in [6, 6.07) is 12.9. The Hall–Kier alpha value is -1.32. The Morgan fingerprint density at radius 3 is 2.52 bits per heavy atom. The molecule has 112 valence electrons. The van der Waals surface area contributed by atoms with Gasteiger partial charge in [0.25, 0.3) is 0 Å². The summed E-state index contributed by atoms with van der Waals surface area (Å²) in [5.41, 5.74) is 4.95. The zero-order valence-corrected chi connectivity index (χ0v) is 14.6. The molecule has 1 unspecified atom stereocenters. The second kappa shape index (κ2) is 7.10. The highest BCUT2D eigenvalue weighted by molar-refractivity contribution is 9.10. The molecule has 0 heterocycles. The first-order valence-corrected chi connectivity index (χ1v) is 8.02. The highest BCUT2D eigenvalue weighted by Gasteiger charge is 2.19. The maximum absolute atomic E-state index is 5.81. The first kappa shape index (κ1) is 16.1. The standard InChI is InChI=1S/C18H22BrNO/c1-5-21-17-9-6-12(2)10-16(17)18(20-4)15-11-14(19)8-7-13(15)3/h6-11,18,20H,5H2,1-4H3. The summed E-state index contributed by atoms with van der Waals surface area (Å²) in [5.74, 6) is 0.946. The Bertz CT molecular complexity index is 625. The monoisotopic (exact) mass is 347 g/mol. The number of hydrogen-bond acceptors (Lipinski definition) is 2. The number of rotatable bonds is 5. The molecule has 3 heteroatoms. The molecule has 0 saturated heterocycles. The van der Waals surface area contributed by atoms with Crippen LogP contribution in [0.1, 0.15) is 35.2 Å². The van der Waals surface area contributed by atoms with Gasteiger partial charge in [-0.3, -0.25) is 0 Å². The SMILES string of the molecule is CCOc1ccc(C)cc1C(NC)c1cc(Br)ccc1C. The third kappa shape index (κ3) is 3.66. The van der Waals surface area contributed by atoms with E-state index < -0.39 is 0 Å². The Morgan fingerprint density at radius 1 is 1.10 bits per heavy atom. The predicted molar refractivity (Wildman–Crippen MR) is 92.1 cm³/mol. The predicted octanol–water partition coefficient (Wildman–Crippen LogP) is 4.77. The molecule has 0 fully saturated rings. The molecule has 0 radical (unpaired) electrons. The van der Waals surface area contributed by atoms with E-state index in [1.807, 2.05) is 14.0 Å². The molecule has 0 spiro atoms. The van der Waals surface area contributed by atoms with E-state index in [2.05, 4.69) is 71.5 Å².